The van der Waals surface area contributed by atoms with Crippen molar-refractivity contribution < 1.29 is 14.3 Å². The molecule has 26 heavy (non-hydrogen) atoms. The van der Waals surface area contributed by atoms with Crippen molar-refractivity contribution in [2.24, 2.45) is 5.92 Å². The Bertz CT molecular complexity index is 653. The van der Waals surface area contributed by atoms with E-state index in [-0.39, 0.29) is 17.7 Å². The van der Waals surface area contributed by atoms with Gasteiger partial charge in [-0.2, -0.15) is 0 Å². The summed E-state index contributed by atoms with van der Waals surface area (Å²) >= 11 is 0. The number of amides is 2. The van der Waals surface area contributed by atoms with E-state index in [0.29, 0.717) is 30.9 Å². The summed E-state index contributed by atoms with van der Waals surface area (Å²) in [6, 6.07) is 3.92. The van der Waals surface area contributed by atoms with Gasteiger partial charge in [0.15, 0.2) is 0 Å². The minimum Gasteiger partial charge on any atom is -0.496 e. The number of carbonyl (C=O) groups excluding carboxylic acids is 2. The molecule has 2 amide bonds. The first kappa shape index (κ1) is 20.3. The van der Waals surface area contributed by atoms with Crippen molar-refractivity contribution in [3.8, 4) is 5.75 Å². The second kappa shape index (κ2) is 9.06. The number of methoxy groups -OCH3 is 1. The molecule has 5 heteroatoms. The number of hydrogen-bond acceptors (Lipinski definition) is 3. The normalized spacial score (nSPS) is 15.2. The average molecular weight is 360 g/mol. The molecule has 1 aliphatic heterocycles. The molecule has 0 saturated carbocycles. The van der Waals surface area contributed by atoms with Gasteiger partial charge < -0.3 is 14.5 Å². The molecule has 1 heterocycles. The fourth-order valence-electron chi connectivity index (χ4n) is 3.79. The van der Waals surface area contributed by atoms with E-state index < -0.39 is 0 Å². The molecule has 0 bridgehead atoms. The van der Waals surface area contributed by atoms with E-state index in [1.165, 1.54) is 0 Å². The van der Waals surface area contributed by atoms with Crippen LogP contribution in [0.15, 0.2) is 12.1 Å². The molecule has 0 N–H and O–H groups in total. The first-order chi connectivity index (χ1) is 12.4. The molecule has 1 saturated heterocycles. The van der Waals surface area contributed by atoms with Crippen LogP contribution < -0.4 is 4.74 Å². The number of rotatable bonds is 5. The second-order valence-corrected chi connectivity index (χ2v) is 7.15. The van der Waals surface area contributed by atoms with Gasteiger partial charge in [-0.3, -0.25) is 9.59 Å². The number of carbonyl (C=O) groups is 2. The predicted molar refractivity (Wildman–Crippen MR) is 104 cm³/mol. The molecule has 2 rings (SSSR count). The Morgan fingerprint density at radius 1 is 1.04 bits per heavy atom. The highest BCUT2D eigenvalue weighted by Gasteiger charge is 2.27. The third kappa shape index (κ3) is 4.37. The van der Waals surface area contributed by atoms with Gasteiger partial charge in [-0.1, -0.05) is 19.9 Å². The Morgan fingerprint density at radius 2 is 1.65 bits per heavy atom. The molecule has 0 aliphatic carbocycles. The third-order valence-electron chi connectivity index (χ3n) is 5.28. The molecular weight excluding hydrogens is 328 g/mol. The molecule has 1 aromatic rings. The van der Waals surface area contributed by atoms with Crippen LogP contribution in [0.3, 0.4) is 0 Å². The van der Waals surface area contributed by atoms with Gasteiger partial charge in [0.05, 0.1) is 12.7 Å². The maximum Gasteiger partial charge on any atom is 0.257 e. The van der Waals surface area contributed by atoms with Crippen LogP contribution in [-0.2, 0) is 4.79 Å². The number of ether oxygens (including phenoxy) is 1. The van der Waals surface area contributed by atoms with Crippen molar-refractivity contribution in [2.45, 2.75) is 47.0 Å². The van der Waals surface area contributed by atoms with E-state index in [1.807, 2.05) is 35.8 Å². The lowest BCUT2D eigenvalue weighted by molar-refractivity contribution is -0.135. The van der Waals surface area contributed by atoms with E-state index in [2.05, 4.69) is 13.8 Å². The van der Waals surface area contributed by atoms with E-state index >= 15 is 0 Å². The van der Waals surface area contributed by atoms with Gasteiger partial charge in [0.1, 0.15) is 5.75 Å². The SMILES string of the molecule is CCC(CC)C(=O)N1CCCN(C(=O)c2cc(C)cc(C)c2OC)CC1. The zero-order valence-electron chi connectivity index (χ0n) is 16.8. The predicted octanol–water partition coefficient (Wildman–Crippen LogP) is 3.42. The molecule has 0 spiro atoms. The Labute approximate surface area is 157 Å². The van der Waals surface area contributed by atoms with E-state index in [1.54, 1.807) is 7.11 Å². The third-order valence-corrected chi connectivity index (χ3v) is 5.28. The van der Waals surface area contributed by atoms with Crippen LogP contribution >= 0.6 is 0 Å². The van der Waals surface area contributed by atoms with Crippen molar-refractivity contribution in [3.05, 3.63) is 28.8 Å². The van der Waals surface area contributed by atoms with E-state index in [9.17, 15) is 9.59 Å². The Morgan fingerprint density at radius 3 is 2.27 bits per heavy atom. The minimum absolute atomic E-state index is 0.00881. The van der Waals surface area contributed by atoms with Gasteiger partial charge in [0.2, 0.25) is 5.91 Å². The number of hydrogen-bond donors (Lipinski definition) is 0. The average Bonchev–Trinajstić information content (AvgIpc) is 2.87. The van der Waals surface area contributed by atoms with Crippen molar-refractivity contribution in [1.29, 1.82) is 0 Å². The van der Waals surface area contributed by atoms with Crippen LogP contribution in [0.1, 0.15) is 54.6 Å². The van der Waals surface area contributed by atoms with Gasteiger partial charge in [0.25, 0.3) is 5.91 Å². The summed E-state index contributed by atoms with van der Waals surface area (Å²) in [5.41, 5.74) is 2.63. The molecule has 0 radical (unpaired) electrons. The van der Waals surface area contributed by atoms with Crippen LogP contribution in [0.5, 0.6) is 5.75 Å². The molecule has 1 fully saturated rings. The van der Waals surface area contributed by atoms with Crippen LogP contribution in [0, 0.1) is 19.8 Å². The Hall–Kier alpha value is -2.04. The molecule has 0 atom stereocenters. The quantitative estimate of drug-likeness (QED) is 0.808. The largest absolute Gasteiger partial charge is 0.496 e. The first-order valence-electron chi connectivity index (χ1n) is 9.66. The molecule has 0 aromatic heterocycles. The molecule has 1 aliphatic rings. The van der Waals surface area contributed by atoms with E-state index in [0.717, 1.165) is 36.9 Å². The van der Waals surface area contributed by atoms with Crippen LogP contribution in [-0.4, -0.2) is 54.9 Å². The van der Waals surface area contributed by atoms with Gasteiger partial charge in [0, 0.05) is 32.1 Å². The highest BCUT2D eigenvalue weighted by Crippen LogP contribution is 2.27. The summed E-state index contributed by atoms with van der Waals surface area (Å²) in [4.78, 5) is 29.5. The van der Waals surface area contributed by atoms with Gasteiger partial charge in [-0.15, -0.1) is 0 Å². The smallest absolute Gasteiger partial charge is 0.257 e. The number of aryl methyl sites for hydroxylation is 2. The number of benzene rings is 1. The van der Waals surface area contributed by atoms with Crippen LogP contribution in [0.25, 0.3) is 0 Å². The summed E-state index contributed by atoms with van der Waals surface area (Å²) in [5, 5.41) is 0. The van der Waals surface area contributed by atoms with Crippen molar-refractivity contribution >= 4 is 11.8 Å². The van der Waals surface area contributed by atoms with Crippen molar-refractivity contribution in [3.63, 3.8) is 0 Å². The molecule has 1 aromatic carbocycles. The lowest BCUT2D eigenvalue weighted by atomic mass is 10.0. The number of nitrogens with zero attached hydrogens (tertiary/aromatic N) is 2. The van der Waals surface area contributed by atoms with Crippen molar-refractivity contribution in [1.82, 2.24) is 9.80 Å². The van der Waals surface area contributed by atoms with Gasteiger partial charge in [-0.05, 0) is 50.3 Å². The summed E-state index contributed by atoms with van der Waals surface area (Å²) in [7, 11) is 1.60. The highest BCUT2D eigenvalue weighted by molar-refractivity contribution is 5.97. The standard InChI is InChI=1S/C21H32N2O3/c1-6-17(7-2)20(24)22-9-8-10-23(12-11-22)21(25)18-14-15(3)13-16(4)19(18)26-5/h13-14,17H,6-12H2,1-5H3. The first-order valence-corrected chi connectivity index (χ1v) is 9.66. The second-order valence-electron chi connectivity index (χ2n) is 7.15. The lowest BCUT2D eigenvalue weighted by Crippen LogP contribution is -2.40. The fourth-order valence-corrected chi connectivity index (χ4v) is 3.79. The summed E-state index contributed by atoms with van der Waals surface area (Å²) < 4.78 is 5.48. The fraction of sp³-hybridized carbons (Fsp3) is 0.619. The zero-order chi connectivity index (χ0) is 19.3. The molecule has 0 unspecified atom stereocenters. The summed E-state index contributed by atoms with van der Waals surface area (Å²) in [6.45, 7) is 10.6. The maximum atomic E-state index is 13.1. The van der Waals surface area contributed by atoms with Crippen LogP contribution in [0.4, 0.5) is 0 Å². The molecule has 144 valence electrons. The monoisotopic (exact) mass is 360 g/mol. The summed E-state index contributed by atoms with van der Waals surface area (Å²) in [5.74, 6) is 0.963. The van der Waals surface area contributed by atoms with Gasteiger partial charge >= 0.3 is 0 Å². The molecular formula is C21H32N2O3. The molecule has 5 nitrogen and oxygen atoms in total. The van der Waals surface area contributed by atoms with Gasteiger partial charge in [-0.25, -0.2) is 0 Å². The maximum absolute atomic E-state index is 13.1. The van der Waals surface area contributed by atoms with Crippen LogP contribution in [0.2, 0.25) is 0 Å². The lowest BCUT2D eigenvalue weighted by Gasteiger charge is -2.26. The Kier molecular flexibility index (Phi) is 7.06. The summed E-state index contributed by atoms with van der Waals surface area (Å²) in [6.07, 6.45) is 2.55. The zero-order valence-corrected chi connectivity index (χ0v) is 16.8. The van der Waals surface area contributed by atoms with E-state index in [4.69, 9.17) is 4.74 Å². The highest BCUT2D eigenvalue weighted by atomic mass is 16.5. The van der Waals surface area contributed by atoms with Crippen molar-refractivity contribution in [2.75, 3.05) is 33.3 Å². The Balaban J connectivity index is 2.14. The topological polar surface area (TPSA) is 49.9 Å². The minimum atomic E-state index is -0.00881.